The first-order valence-electron chi connectivity index (χ1n) is 3.94. The van der Waals surface area contributed by atoms with Crippen LogP contribution in [0.25, 0.3) is 0 Å². The van der Waals surface area contributed by atoms with Crippen LogP contribution in [-0.4, -0.2) is 11.2 Å². The van der Waals surface area contributed by atoms with E-state index in [1.165, 1.54) is 12.0 Å². The Bertz CT molecular complexity index is 330. The fraction of sp³-hybridized carbons (Fsp3) is 0.333. The molecule has 2 aliphatic rings. The number of hydrogen-bond acceptors (Lipinski definition) is 2. The first kappa shape index (κ1) is 5.47. The third kappa shape index (κ3) is 0.666. The maximum Gasteiger partial charge on any atom is 0.154 e. The highest BCUT2D eigenvalue weighted by atomic mass is 14.9. The molecule has 1 aliphatic carbocycles. The van der Waals surface area contributed by atoms with E-state index in [0.717, 1.165) is 17.7 Å². The monoisotopic (exact) mass is 144 g/mol. The molecule has 11 heavy (non-hydrogen) atoms. The summed E-state index contributed by atoms with van der Waals surface area (Å²) in [5.74, 6) is 2.41. The van der Waals surface area contributed by atoms with Crippen LogP contribution in [0.5, 0.6) is 0 Å². The number of aromatic nitrogens is 1. The highest BCUT2D eigenvalue weighted by Crippen LogP contribution is 2.51. The van der Waals surface area contributed by atoms with E-state index in [1.54, 1.807) is 6.20 Å². The summed E-state index contributed by atoms with van der Waals surface area (Å²) in [5, 5.41) is 0. The van der Waals surface area contributed by atoms with Gasteiger partial charge in [-0.15, -0.1) is 0 Å². The van der Waals surface area contributed by atoms with Crippen LogP contribution in [0.2, 0.25) is 0 Å². The third-order valence-electron chi connectivity index (χ3n) is 2.44. The van der Waals surface area contributed by atoms with E-state index in [2.05, 4.69) is 16.0 Å². The Balaban J connectivity index is 2.24. The summed E-state index contributed by atoms with van der Waals surface area (Å²) in [4.78, 5) is 8.48. The molecule has 2 heteroatoms. The van der Waals surface area contributed by atoms with E-state index >= 15 is 0 Å². The summed E-state index contributed by atoms with van der Waals surface area (Å²) in [6, 6.07) is 4.14. The van der Waals surface area contributed by atoms with Gasteiger partial charge in [0, 0.05) is 23.9 Å². The Morgan fingerprint density at radius 2 is 2.45 bits per heavy atom. The summed E-state index contributed by atoms with van der Waals surface area (Å²) < 4.78 is 0. The summed E-state index contributed by atoms with van der Waals surface area (Å²) in [7, 11) is 0. The lowest BCUT2D eigenvalue weighted by molar-refractivity contribution is 1.01. The van der Waals surface area contributed by atoms with Crippen molar-refractivity contribution >= 4 is 12.0 Å². The molecule has 0 N–H and O–H groups in total. The third-order valence-corrected chi connectivity index (χ3v) is 2.44. The van der Waals surface area contributed by atoms with Gasteiger partial charge in [0.15, 0.2) is 5.82 Å². The van der Waals surface area contributed by atoms with Gasteiger partial charge in [0.2, 0.25) is 0 Å². The van der Waals surface area contributed by atoms with Crippen molar-refractivity contribution < 1.29 is 0 Å². The van der Waals surface area contributed by atoms with Crippen molar-refractivity contribution in [1.29, 1.82) is 0 Å². The van der Waals surface area contributed by atoms with Crippen LogP contribution in [0.4, 0.5) is 5.82 Å². The summed E-state index contributed by atoms with van der Waals surface area (Å²) in [6.45, 7) is 0. The van der Waals surface area contributed by atoms with Crippen LogP contribution in [0.3, 0.4) is 0 Å². The lowest BCUT2D eigenvalue weighted by Crippen LogP contribution is -1.93. The van der Waals surface area contributed by atoms with Crippen LogP contribution in [0, 0.1) is 5.92 Å². The van der Waals surface area contributed by atoms with E-state index in [1.807, 2.05) is 12.3 Å². The maximum absolute atomic E-state index is 4.28. The van der Waals surface area contributed by atoms with Gasteiger partial charge in [-0.25, -0.2) is 9.98 Å². The van der Waals surface area contributed by atoms with Gasteiger partial charge >= 0.3 is 0 Å². The van der Waals surface area contributed by atoms with E-state index in [-0.39, 0.29) is 0 Å². The molecular weight excluding hydrogens is 136 g/mol. The Labute approximate surface area is 65.0 Å². The first-order valence-corrected chi connectivity index (χ1v) is 3.94. The van der Waals surface area contributed by atoms with Crippen molar-refractivity contribution in [3.63, 3.8) is 0 Å². The summed E-state index contributed by atoms with van der Waals surface area (Å²) >= 11 is 0. The molecule has 0 saturated heterocycles. The molecule has 1 aromatic heterocycles. The molecule has 0 aromatic carbocycles. The molecule has 2 heterocycles. The normalized spacial score (nSPS) is 30.9. The van der Waals surface area contributed by atoms with Crippen LogP contribution in [0.15, 0.2) is 23.3 Å². The summed E-state index contributed by atoms with van der Waals surface area (Å²) in [6.07, 6.45) is 5.13. The molecular formula is C9H8N2. The number of rotatable bonds is 0. The van der Waals surface area contributed by atoms with Crippen molar-refractivity contribution in [2.75, 3.05) is 0 Å². The topological polar surface area (TPSA) is 25.2 Å². The fourth-order valence-electron chi connectivity index (χ4n) is 1.71. The van der Waals surface area contributed by atoms with Gasteiger partial charge in [-0.3, -0.25) is 0 Å². The number of fused-ring (bicyclic) bond motifs is 3. The van der Waals surface area contributed by atoms with E-state index in [0.29, 0.717) is 0 Å². The zero-order valence-corrected chi connectivity index (χ0v) is 6.07. The number of pyridine rings is 1. The minimum Gasteiger partial charge on any atom is -0.241 e. The van der Waals surface area contributed by atoms with E-state index < -0.39 is 0 Å². The van der Waals surface area contributed by atoms with Crippen LogP contribution >= 0.6 is 0 Å². The largest absolute Gasteiger partial charge is 0.241 e. The lowest BCUT2D eigenvalue weighted by Gasteiger charge is -2.05. The molecule has 1 aliphatic heterocycles. The second kappa shape index (κ2) is 1.70. The zero-order valence-electron chi connectivity index (χ0n) is 6.07. The van der Waals surface area contributed by atoms with Gasteiger partial charge in [0.25, 0.3) is 0 Å². The van der Waals surface area contributed by atoms with Crippen molar-refractivity contribution in [2.45, 2.75) is 12.3 Å². The van der Waals surface area contributed by atoms with E-state index in [9.17, 15) is 0 Å². The Kier molecular flexibility index (Phi) is 0.844. The molecule has 2 unspecified atom stereocenters. The van der Waals surface area contributed by atoms with Crippen molar-refractivity contribution in [2.24, 2.45) is 10.9 Å². The molecule has 1 fully saturated rings. The second-order valence-corrected chi connectivity index (χ2v) is 3.20. The highest BCUT2D eigenvalue weighted by Gasteiger charge is 2.40. The molecule has 0 bridgehead atoms. The van der Waals surface area contributed by atoms with Crippen molar-refractivity contribution in [3.8, 4) is 0 Å². The Morgan fingerprint density at radius 1 is 1.45 bits per heavy atom. The molecule has 2 nitrogen and oxygen atoms in total. The molecule has 54 valence electrons. The standard InChI is InChI=1S/C9H8N2/c1-2-7-8-4-6(8)5-11-9(7)10-3-1/h1-3,5-6,8H,4H2. The first-order chi connectivity index (χ1) is 5.45. The van der Waals surface area contributed by atoms with Gasteiger partial charge in [-0.1, -0.05) is 6.07 Å². The molecule has 3 rings (SSSR count). The molecule has 2 atom stereocenters. The molecule has 0 amide bonds. The SMILES string of the molecule is C1=Nc2ncccc2C2CC12. The molecule has 1 aromatic rings. The second-order valence-electron chi connectivity index (χ2n) is 3.20. The van der Waals surface area contributed by atoms with Crippen molar-refractivity contribution in [1.82, 2.24) is 4.98 Å². The molecule has 0 radical (unpaired) electrons. The smallest absolute Gasteiger partial charge is 0.154 e. The molecule has 1 saturated carbocycles. The summed E-state index contributed by atoms with van der Waals surface area (Å²) in [5.41, 5.74) is 1.35. The number of nitrogens with zero attached hydrogens (tertiary/aromatic N) is 2. The molecule has 0 spiro atoms. The quantitative estimate of drug-likeness (QED) is 0.546. The lowest BCUT2D eigenvalue weighted by atomic mass is 10.1. The van der Waals surface area contributed by atoms with Gasteiger partial charge in [-0.05, 0) is 18.4 Å². The predicted molar refractivity (Wildman–Crippen MR) is 43.2 cm³/mol. The average Bonchev–Trinajstić information content (AvgIpc) is 2.83. The Morgan fingerprint density at radius 3 is 3.45 bits per heavy atom. The van der Waals surface area contributed by atoms with Gasteiger partial charge in [0.1, 0.15) is 0 Å². The number of hydrogen-bond donors (Lipinski definition) is 0. The van der Waals surface area contributed by atoms with E-state index in [4.69, 9.17) is 0 Å². The zero-order chi connectivity index (χ0) is 7.26. The van der Waals surface area contributed by atoms with Gasteiger partial charge < -0.3 is 0 Å². The Hall–Kier alpha value is -1.18. The van der Waals surface area contributed by atoms with Crippen LogP contribution in [-0.2, 0) is 0 Å². The van der Waals surface area contributed by atoms with Crippen LogP contribution in [0.1, 0.15) is 17.9 Å². The number of aliphatic imine (C=N–C) groups is 1. The minimum atomic E-state index is 0.728. The predicted octanol–water partition coefficient (Wildman–Crippen LogP) is 1.90. The fourth-order valence-corrected chi connectivity index (χ4v) is 1.71. The maximum atomic E-state index is 4.28. The minimum absolute atomic E-state index is 0.728. The van der Waals surface area contributed by atoms with Gasteiger partial charge in [-0.2, -0.15) is 0 Å². The highest BCUT2D eigenvalue weighted by molar-refractivity contribution is 5.75. The van der Waals surface area contributed by atoms with Gasteiger partial charge in [0.05, 0.1) is 0 Å². The van der Waals surface area contributed by atoms with Crippen LogP contribution < -0.4 is 0 Å². The van der Waals surface area contributed by atoms with Crippen molar-refractivity contribution in [3.05, 3.63) is 23.9 Å². The average molecular weight is 144 g/mol.